The van der Waals surface area contributed by atoms with Gasteiger partial charge in [-0.25, -0.2) is 0 Å². The Balaban J connectivity index is 0.00000272. The van der Waals surface area contributed by atoms with Gasteiger partial charge in [0.2, 0.25) is 0 Å². The molecule has 10 heteroatoms. The molecule has 0 amide bonds. The summed E-state index contributed by atoms with van der Waals surface area (Å²) in [5, 5.41) is 43.4. The second kappa shape index (κ2) is 11.5. The topological polar surface area (TPSA) is 134 Å². The molecule has 1 saturated carbocycles. The van der Waals surface area contributed by atoms with Crippen molar-refractivity contribution in [1.82, 2.24) is 0 Å². The van der Waals surface area contributed by atoms with Gasteiger partial charge in [-0.3, -0.25) is 9.59 Å². The zero-order valence-corrected chi connectivity index (χ0v) is 29.8. The molecular weight excluding hydrogens is 858 g/mol. The molecule has 4 N–H and O–H groups in total. The van der Waals surface area contributed by atoms with E-state index in [2.05, 4.69) is 0 Å². The normalized spacial score (nSPS) is 41.0. The summed E-state index contributed by atoms with van der Waals surface area (Å²) >= 11 is 0. The van der Waals surface area contributed by atoms with E-state index in [9.17, 15) is 30.0 Å². The van der Waals surface area contributed by atoms with Crippen LogP contribution >= 0.6 is 0 Å². The van der Waals surface area contributed by atoms with Gasteiger partial charge in [0.1, 0.15) is 17.8 Å². The predicted octanol–water partition coefficient (Wildman–Crippen LogP) is 0.738. The molecule has 1 aliphatic heterocycles. The minimum absolute atomic E-state index is 0. The van der Waals surface area contributed by atoms with Crippen molar-refractivity contribution in [2.24, 2.45) is 22.7 Å². The van der Waals surface area contributed by atoms with Crippen LogP contribution in [0, 0.1) is 111 Å². The summed E-state index contributed by atoms with van der Waals surface area (Å²) in [4.78, 5) is 25.4. The SMILES string of the molecule is CC(=O)O[C@H](C1C[C@H](O)C(C)=CC1(C)C)[C@@H]1[C@]2(O)CO[C@@H]2C[C@H](O)[C@@]1(C)C(=O)[C@@H](C)O.[Ac].[Ac]. The third kappa shape index (κ3) is 5.70. The molecule has 1 heterocycles. The van der Waals surface area contributed by atoms with Crippen molar-refractivity contribution in [2.75, 3.05) is 6.61 Å². The van der Waals surface area contributed by atoms with Crippen molar-refractivity contribution in [3.8, 4) is 0 Å². The molecule has 2 aliphatic carbocycles. The van der Waals surface area contributed by atoms with E-state index < -0.39 is 70.5 Å². The van der Waals surface area contributed by atoms with E-state index in [1.807, 2.05) is 26.8 Å². The number of hydrogen-bond donors (Lipinski definition) is 4. The van der Waals surface area contributed by atoms with Crippen LogP contribution in [0.15, 0.2) is 11.6 Å². The maximum absolute atomic E-state index is 13.2. The van der Waals surface area contributed by atoms with Crippen molar-refractivity contribution in [1.29, 1.82) is 0 Å². The van der Waals surface area contributed by atoms with E-state index in [1.165, 1.54) is 20.8 Å². The number of fused-ring (bicyclic) bond motifs is 1. The van der Waals surface area contributed by atoms with Crippen molar-refractivity contribution >= 4 is 11.8 Å². The Bertz CT molecular complexity index is 784. The third-order valence-corrected chi connectivity index (χ3v) is 7.88. The first kappa shape index (κ1) is 32.6. The molecule has 8 nitrogen and oxygen atoms in total. The smallest absolute Gasteiger partial charge is 0.302 e. The first-order valence-corrected chi connectivity index (χ1v) is 10.9. The van der Waals surface area contributed by atoms with E-state index in [4.69, 9.17) is 9.47 Å². The number of carbonyl (C=O) groups is 2. The average molecular weight is 895 g/mol. The summed E-state index contributed by atoms with van der Waals surface area (Å²) in [6.45, 7) is 9.77. The molecule has 1 unspecified atom stereocenters. The molecule has 9 atom stereocenters. The van der Waals surface area contributed by atoms with Crippen LogP contribution in [0.5, 0.6) is 0 Å². The molecule has 3 aliphatic rings. The molecular formula is C23H36Ac2O8. The second-order valence-corrected chi connectivity index (χ2v) is 10.5. The predicted molar refractivity (Wildman–Crippen MR) is 111 cm³/mol. The zero-order valence-electron chi connectivity index (χ0n) is 20.3. The summed E-state index contributed by atoms with van der Waals surface area (Å²) in [6, 6.07) is 0. The molecule has 2 radical (unpaired) electrons. The Labute approximate surface area is 267 Å². The standard InChI is InChI=1S/C23H36O8.2Ac/c1-11-9-21(4,5)14(7-15(11)26)18(31-13(3)25)19-22(6,20(28)12(2)24)16(27)8-17-23(19,29)10-30-17;;/h9,12,14-19,24,26-27,29H,7-8,10H2,1-6H3;;/t12-,14?,15+,16+,17-,18-,19+,22-,23+;;/m1../s1. The first-order valence-electron chi connectivity index (χ1n) is 10.9. The molecule has 0 spiro atoms. The number of rotatable bonds is 5. The van der Waals surface area contributed by atoms with Crippen LogP contribution in [0.1, 0.15) is 54.4 Å². The molecule has 182 valence electrons. The fourth-order valence-corrected chi connectivity index (χ4v) is 6.15. The van der Waals surface area contributed by atoms with Crippen LogP contribution in [0.4, 0.5) is 0 Å². The van der Waals surface area contributed by atoms with Gasteiger partial charge in [0.25, 0.3) is 0 Å². The number of esters is 1. The largest absolute Gasteiger partial charge is 0.462 e. The number of allylic oxidation sites excluding steroid dienone is 1. The van der Waals surface area contributed by atoms with Crippen LogP contribution in [0.25, 0.3) is 0 Å². The van der Waals surface area contributed by atoms with Gasteiger partial charge in [0.15, 0.2) is 5.78 Å². The molecule has 0 aromatic rings. The van der Waals surface area contributed by atoms with Gasteiger partial charge in [0, 0.05) is 113 Å². The van der Waals surface area contributed by atoms with Crippen molar-refractivity contribution in [3.05, 3.63) is 11.6 Å². The fraction of sp³-hybridized carbons (Fsp3) is 0.826. The number of ketones is 1. The van der Waals surface area contributed by atoms with Gasteiger partial charge < -0.3 is 29.9 Å². The van der Waals surface area contributed by atoms with Crippen LogP contribution in [-0.4, -0.2) is 74.9 Å². The summed E-state index contributed by atoms with van der Waals surface area (Å²) in [5.41, 5.74) is -2.83. The van der Waals surface area contributed by atoms with E-state index in [0.717, 1.165) is 5.57 Å². The average Bonchev–Trinajstić information content (AvgIpc) is 2.64. The van der Waals surface area contributed by atoms with Crippen molar-refractivity contribution in [2.45, 2.75) is 90.5 Å². The van der Waals surface area contributed by atoms with Crippen molar-refractivity contribution in [3.63, 3.8) is 0 Å². The van der Waals surface area contributed by atoms with E-state index in [-0.39, 0.29) is 108 Å². The molecule has 0 aromatic heterocycles. The summed E-state index contributed by atoms with van der Waals surface area (Å²) in [6.07, 6.45) is -2.84. The number of aliphatic hydroxyl groups excluding tert-OH is 3. The fourth-order valence-electron chi connectivity index (χ4n) is 6.15. The molecule has 33 heavy (non-hydrogen) atoms. The monoisotopic (exact) mass is 894 g/mol. The molecule has 1 saturated heterocycles. The van der Waals surface area contributed by atoms with Gasteiger partial charge in [-0.1, -0.05) is 19.9 Å². The van der Waals surface area contributed by atoms with Crippen LogP contribution in [-0.2, 0) is 19.1 Å². The zero-order chi connectivity index (χ0) is 23.5. The van der Waals surface area contributed by atoms with Crippen LogP contribution in [0.3, 0.4) is 0 Å². The third-order valence-electron chi connectivity index (χ3n) is 7.88. The van der Waals surface area contributed by atoms with E-state index in [0.29, 0.717) is 0 Å². The number of aliphatic hydroxyl groups is 4. The van der Waals surface area contributed by atoms with Gasteiger partial charge in [-0.2, -0.15) is 0 Å². The van der Waals surface area contributed by atoms with Crippen LogP contribution < -0.4 is 0 Å². The second-order valence-electron chi connectivity index (χ2n) is 10.5. The van der Waals surface area contributed by atoms with E-state index in [1.54, 1.807) is 0 Å². The Hall–Kier alpha value is 1.56. The van der Waals surface area contributed by atoms with Gasteiger partial charge in [-0.05, 0) is 38.2 Å². The number of hydrogen-bond acceptors (Lipinski definition) is 8. The van der Waals surface area contributed by atoms with Gasteiger partial charge >= 0.3 is 5.97 Å². The van der Waals surface area contributed by atoms with Gasteiger partial charge in [-0.15, -0.1) is 0 Å². The number of Topliss-reactive ketones (excluding diaryl/α,β-unsaturated/α-hetero) is 1. The number of ether oxygens (including phenoxy) is 2. The molecule has 3 rings (SSSR count). The Morgan fingerprint density at radius 1 is 1.18 bits per heavy atom. The quantitative estimate of drug-likeness (QED) is 0.235. The molecule has 0 bridgehead atoms. The maximum atomic E-state index is 13.2. The van der Waals surface area contributed by atoms with E-state index >= 15 is 0 Å². The Morgan fingerprint density at radius 2 is 1.76 bits per heavy atom. The Morgan fingerprint density at radius 3 is 2.21 bits per heavy atom. The Kier molecular flexibility index (Phi) is 11.4. The molecule has 2 fully saturated rings. The minimum atomic E-state index is -1.58. The number of carbonyl (C=O) groups excluding carboxylic acids is 2. The first-order chi connectivity index (χ1) is 14.2. The minimum Gasteiger partial charge on any atom is -0.462 e. The maximum Gasteiger partial charge on any atom is 0.302 e. The van der Waals surface area contributed by atoms with Crippen LogP contribution in [0.2, 0.25) is 0 Å². The summed E-state index contributed by atoms with van der Waals surface area (Å²) in [7, 11) is 0. The van der Waals surface area contributed by atoms with Crippen molar-refractivity contribution < 1.29 is 128 Å². The summed E-state index contributed by atoms with van der Waals surface area (Å²) in [5.74, 6) is -2.69. The van der Waals surface area contributed by atoms with Gasteiger partial charge in [0.05, 0.1) is 30.3 Å². The summed E-state index contributed by atoms with van der Waals surface area (Å²) < 4.78 is 11.3. The molecule has 0 aromatic carbocycles.